The summed E-state index contributed by atoms with van der Waals surface area (Å²) < 4.78 is 5.30. The maximum atomic E-state index is 5.30. The largest absolute Gasteiger partial charge is 0.383 e. The summed E-state index contributed by atoms with van der Waals surface area (Å²) in [6.45, 7) is 11.5. The van der Waals surface area contributed by atoms with Crippen LogP contribution in [0.25, 0.3) is 0 Å². The van der Waals surface area contributed by atoms with E-state index in [1.54, 1.807) is 0 Å². The van der Waals surface area contributed by atoms with Crippen LogP contribution in [-0.4, -0.2) is 50.3 Å². The van der Waals surface area contributed by atoms with Gasteiger partial charge < -0.3 is 10.1 Å². The number of rotatable bonds is 8. The minimum atomic E-state index is 0.521. The predicted octanol–water partition coefficient (Wildman–Crippen LogP) is 2.90. The lowest BCUT2D eigenvalue weighted by Gasteiger charge is -2.43. The first kappa shape index (κ1) is 16.3. The summed E-state index contributed by atoms with van der Waals surface area (Å²) in [6.07, 6.45) is 6.86. The van der Waals surface area contributed by atoms with Crippen LogP contribution in [0.15, 0.2) is 0 Å². The van der Waals surface area contributed by atoms with E-state index in [0.29, 0.717) is 5.41 Å². The van der Waals surface area contributed by atoms with E-state index < -0.39 is 0 Å². The summed E-state index contributed by atoms with van der Waals surface area (Å²) in [5, 5.41) is 3.74. The highest BCUT2D eigenvalue weighted by Crippen LogP contribution is 2.40. The Morgan fingerprint density at radius 3 is 2.60 bits per heavy atom. The smallest absolute Gasteiger partial charge is 0.0589 e. The Morgan fingerprint density at radius 2 is 2.00 bits per heavy atom. The maximum Gasteiger partial charge on any atom is 0.0589 e. The number of hydrogen-bond acceptors (Lipinski definition) is 3. The van der Waals surface area contributed by atoms with E-state index in [4.69, 9.17) is 4.74 Å². The molecule has 1 N–H and O–H groups in total. The fraction of sp³-hybridized carbons (Fsp3) is 1.00. The summed E-state index contributed by atoms with van der Waals surface area (Å²) in [5.41, 5.74) is 0.521. The molecule has 2 rings (SSSR count). The van der Waals surface area contributed by atoms with Crippen molar-refractivity contribution in [1.82, 2.24) is 10.2 Å². The van der Waals surface area contributed by atoms with Gasteiger partial charge in [-0.1, -0.05) is 20.8 Å². The Hall–Kier alpha value is -0.120. The van der Waals surface area contributed by atoms with Gasteiger partial charge in [0.05, 0.1) is 6.61 Å². The normalized spacial score (nSPS) is 29.9. The lowest BCUT2D eigenvalue weighted by Crippen LogP contribution is -2.48. The van der Waals surface area contributed by atoms with Crippen LogP contribution in [0.4, 0.5) is 0 Å². The highest BCUT2D eigenvalue weighted by molar-refractivity contribution is 4.93. The first-order chi connectivity index (χ1) is 9.55. The van der Waals surface area contributed by atoms with Crippen molar-refractivity contribution in [2.75, 3.05) is 33.4 Å². The van der Waals surface area contributed by atoms with E-state index in [0.717, 1.165) is 37.7 Å². The highest BCUT2D eigenvalue weighted by atomic mass is 16.5. The van der Waals surface area contributed by atoms with Gasteiger partial charge in [-0.2, -0.15) is 0 Å². The van der Waals surface area contributed by atoms with Crippen LogP contribution in [0.2, 0.25) is 0 Å². The third-order valence-corrected chi connectivity index (χ3v) is 5.10. The molecule has 0 amide bonds. The third kappa shape index (κ3) is 4.71. The predicted molar refractivity (Wildman–Crippen MR) is 85.1 cm³/mol. The van der Waals surface area contributed by atoms with E-state index >= 15 is 0 Å². The molecule has 0 heterocycles. The van der Waals surface area contributed by atoms with Crippen molar-refractivity contribution < 1.29 is 4.74 Å². The number of ether oxygens (including phenoxy) is 1. The zero-order valence-electron chi connectivity index (χ0n) is 14.0. The Labute approximate surface area is 125 Å². The van der Waals surface area contributed by atoms with Gasteiger partial charge in [-0.15, -0.1) is 0 Å². The summed E-state index contributed by atoms with van der Waals surface area (Å²) >= 11 is 0. The SMILES string of the molecule is CCNC1CCC(C)(C)CC1CN(CCOC)C1CC1. The van der Waals surface area contributed by atoms with Crippen molar-refractivity contribution in [1.29, 1.82) is 0 Å². The number of methoxy groups -OCH3 is 1. The van der Waals surface area contributed by atoms with Crippen molar-refractivity contribution in [2.45, 2.75) is 65.0 Å². The molecule has 2 atom stereocenters. The molecule has 2 aliphatic carbocycles. The fourth-order valence-corrected chi connectivity index (χ4v) is 3.83. The van der Waals surface area contributed by atoms with Gasteiger partial charge in [0, 0.05) is 32.3 Å². The molecule has 3 heteroatoms. The van der Waals surface area contributed by atoms with Crippen molar-refractivity contribution in [3.8, 4) is 0 Å². The second-order valence-corrected chi connectivity index (χ2v) is 7.55. The van der Waals surface area contributed by atoms with Gasteiger partial charge in [0.1, 0.15) is 0 Å². The summed E-state index contributed by atoms with van der Waals surface area (Å²) in [5.74, 6) is 0.802. The highest BCUT2D eigenvalue weighted by Gasteiger charge is 2.37. The molecule has 20 heavy (non-hydrogen) atoms. The van der Waals surface area contributed by atoms with Crippen LogP contribution >= 0.6 is 0 Å². The topological polar surface area (TPSA) is 24.5 Å². The molecular weight excluding hydrogens is 248 g/mol. The van der Waals surface area contributed by atoms with Crippen LogP contribution in [0, 0.1) is 11.3 Å². The Balaban J connectivity index is 1.93. The van der Waals surface area contributed by atoms with Crippen molar-refractivity contribution in [3.05, 3.63) is 0 Å². The van der Waals surface area contributed by atoms with Crippen LogP contribution in [0.3, 0.4) is 0 Å². The first-order valence-electron chi connectivity index (χ1n) is 8.52. The van der Waals surface area contributed by atoms with Gasteiger partial charge in [0.25, 0.3) is 0 Å². The molecule has 2 saturated carbocycles. The van der Waals surface area contributed by atoms with Gasteiger partial charge in [-0.05, 0) is 50.0 Å². The minimum absolute atomic E-state index is 0.521. The molecule has 2 unspecified atom stereocenters. The van der Waals surface area contributed by atoms with Crippen molar-refractivity contribution >= 4 is 0 Å². The minimum Gasteiger partial charge on any atom is -0.383 e. The van der Waals surface area contributed by atoms with Crippen molar-refractivity contribution in [2.24, 2.45) is 11.3 Å². The molecule has 0 aromatic heterocycles. The molecule has 2 aliphatic rings. The molecule has 0 spiro atoms. The van der Waals surface area contributed by atoms with Gasteiger partial charge in [0.2, 0.25) is 0 Å². The van der Waals surface area contributed by atoms with Crippen molar-refractivity contribution in [3.63, 3.8) is 0 Å². The Bertz CT molecular complexity index is 289. The Morgan fingerprint density at radius 1 is 1.25 bits per heavy atom. The van der Waals surface area contributed by atoms with Gasteiger partial charge >= 0.3 is 0 Å². The van der Waals surface area contributed by atoms with E-state index in [2.05, 4.69) is 31.0 Å². The first-order valence-corrected chi connectivity index (χ1v) is 8.52. The summed E-state index contributed by atoms with van der Waals surface area (Å²) in [6, 6.07) is 1.56. The van der Waals surface area contributed by atoms with E-state index in [9.17, 15) is 0 Å². The van der Waals surface area contributed by atoms with Crippen LogP contribution in [0.5, 0.6) is 0 Å². The molecule has 3 nitrogen and oxygen atoms in total. The summed E-state index contributed by atoms with van der Waals surface area (Å²) in [7, 11) is 1.82. The lowest BCUT2D eigenvalue weighted by molar-refractivity contribution is 0.0804. The average Bonchev–Trinajstić information content (AvgIpc) is 3.21. The van der Waals surface area contributed by atoms with E-state index in [1.165, 1.54) is 38.6 Å². The molecule has 0 aromatic rings. The van der Waals surface area contributed by atoms with Crippen LogP contribution < -0.4 is 5.32 Å². The third-order valence-electron chi connectivity index (χ3n) is 5.10. The Kier molecular flexibility index (Phi) is 5.88. The number of nitrogens with zero attached hydrogens (tertiary/aromatic N) is 1. The average molecular weight is 282 g/mol. The van der Waals surface area contributed by atoms with Crippen LogP contribution in [0.1, 0.15) is 52.9 Å². The van der Waals surface area contributed by atoms with Gasteiger partial charge in [-0.25, -0.2) is 0 Å². The molecule has 0 aromatic carbocycles. The molecular formula is C17H34N2O. The molecule has 0 saturated heterocycles. The zero-order chi connectivity index (χ0) is 14.6. The zero-order valence-corrected chi connectivity index (χ0v) is 14.0. The molecule has 0 bridgehead atoms. The standard InChI is InChI=1S/C17H34N2O/c1-5-18-16-8-9-17(2,3)12-14(16)13-19(10-11-20-4)15-6-7-15/h14-16,18H,5-13H2,1-4H3. The molecule has 0 radical (unpaired) electrons. The van der Waals surface area contributed by atoms with E-state index in [-0.39, 0.29) is 0 Å². The quantitative estimate of drug-likeness (QED) is 0.741. The molecule has 2 fully saturated rings. The fourth-order valence-electron chi connectivity index (χ4n) is 3.83. The van der Waals surface area contributed by atoms with E-state index in [1.807, 2.05) is 7.11 Å². The van der Waals surface area contributed by atoms with Gasteiger partial charge in [0.15, 0.2) is 0 Å². The second-order valence-electron chi connectivity index (χ2n) is 7.55. The monoisotopic (exact) mass is 282 g/mol. The second kappa shape index (κ2) is 7.24. The summed E-state index contributed by atoms with van der Waals surface area (Å²) in [4.78, 5) is 2.69. The molecule has 0 aliphatic heterocycles. The maximum absolute atomic E-state index is 5.30. The number of hydrogen-bond donors (Lipinski definition) is 1. The number of nitrogens with one attached hydrogen (secondary N) is 1. The van der Waals surface area contributed by atoms with Crippen LogP contribution in [-0.2, 0) is 4.74 Å². The van der Waals surface area contributed by atoms with Gasteiger partial charge in [-0.3, -0.25) is 4.90 Å². The molecule has 118 valence electrons. The lowest BCUT2D eigenvalue weighted by atomic mass is 9.69.